The van der Waals surface area contributed by atoms with Gasteiger partial charge in [-0.3, -0.25) is 14.3 Å². The summed E-state index contributed by atoms with van der Waals surface area (Å²) in [5, 5.41) is 2.24. The Balaban J connectivity index is 2.30. The van der Waals surface area contributed by atoms with Crippen LogP contribution in [0.5, 0.6) is 0 Å². The van der Waals surface area contributed by atoms with E-state index in [0.717, 1.165) is 12.1 Å². The standard InChI is InChI=1S/C18H15F5N2O3/c1-2-25(14(26)10-28-18(21,22)23)16-12(19)8-9-13(15(16)20)24-17(27)11-6-4-3-5-7-11/h3-9H,2,10H2,1H3,(H,24,27). The Hall–Kier alpha value is -3.01. The molecule has 0 aromatic heterocycles. The van der Waals surface area contributed by atoms with Gasteiger partial charge in [0.15, 0.2) is 5.82 Å². The summed E-state index contributed by atoms with van der Waals surface area (Å²) in [6, 6.07) is 9.50. The van der Waals surface area contributed by atoms with Crippen molar-refractivity contribution in [1.29, 1.82) is 0 Å². The smallest absolute Gasteiger partial charge is 0.319 e. The second-order valence-corrected chi connectivity index (χ2v) is 5.45. The van der Waals surface area contributed by atoms with Crippen molar-refractivity contribution >= 4 is 23.2 Å². The Kier molecular flexibility index (Phi) is 6.68. The molecule has 5 nitrogen and oxygen atoms in total. The quantitative estimate of drug-likeness (QED) is 0.740. The van der Waals surface area contributed by atoms with E-state index in [-0.39, 0.29) is 12.1 Å². The van der Waals surface area contributed by atoms with Crippen molar-refractivity contribution in [3.05, 3.63) is 59.7 Å². The first kappa shape index (κ1) is 21.3. The van der Waals surface area contributed by atoms with Crippen LogP contribution in [0.1, 0.15) is 17.3 Å². The lowest BCUT2D eigenvalue weighted by molar-refractivity contribution is -0.320. The van der Waals surface area contributed by atoms with Crippen molar-refractivity contribution in [3.8, 4) is 0 Å². The molecule has 1 N–H and O–H groups in total. The molecule has 0 saturated carbocycles. The normalized spacial score (nSPS) is 11.2. The van der Waals surface area contributed by atoms with Gasteiger partial charge in [-0.15, -0.1) is 13.2 Å². The van der Waals surface area contributed by atoms with Gasteiger partial charge in [-0.1, -0.05) is 18.2 Å². The molecule has 0 heterocycles. The van der Waals surface area contributed by atoms with Gasteiger partial charge in [0, 0.05) is 12.1 Å². The number of carbonyl (C=O) groups is 2. The molecule has 2 aromatic rings. The lowest BCUT2D eigenvalue weighted by Crippen LogP contribution is -2.37. The molecule has 2 aromatic carbocycles. The zero-order valence-corrected chi connectivity index (χ0v) is 14.5. The number of nitrogens with one attached hydrogen (secondary N) is 1. The number of rotatable bonds is 6. The van der Waals surface area contributed by atoms with Gasteiger partial charge in [-0.2, -0.15) is 0 Å². The van der Waals surface area contributed by atoms with Gasteiger partial charge in [0.25, 0.3) is 11.8 Å². The maximum absolute atomic E-state index is 14.8. The SMILES string of the molecule is CCN(C(=O)COC(F)(F)F)c1c(F)ccc(NC(=O)c2ccccc2)c1F. The second-order valence-electron chi connectivity index (χ2n) is 5.45. The third-order valence-corrected chi connectivity index (χ3v) is 3.60. The van der Waals surface area contributed by atoms with Crippen LogP contribution in [0.3, 0.4) is 0 Å². The molecule has 0 atom stereocenters. The van der Waals surface area contributed by atoms with E-state index in [4.69, 9.17) is 0 Å². The molecule has 0 aliphatic rings. The van der Waals surface area contributed by atoms with Crippen LogP contribution in [0.15, 0.2) is 42.5 Å². The van der Waals surface area contributed by atoms with Crippen LogP contribution in [0, 0.1) is 11.6 Å². The van der Waals surface area contributed by atoms with Gasteiger partial charge in [-0.05, 0) is 31.2 Å². The van der Waals surface area contributed by atoms with Crippen molar-refractivity contribution in [2.75, 3.05) is 23.4 Å². The first-order chi connectivity index (χ1) is 13.1. The summed E-state index contributed by atoms with van der Waals surface area (Å²) in [5.41, 5.74) is -1.12. The molecule has 0 aliphatic carbocycles. The summed E-state index contributed by atoms with van der Waals surface area (Å²) in [7, 11) is 0. The first-order valence-electron chi connectivity index (χ1n) is 7.99. The number of alkyl halides is 3. The molecular weight excluding hydrogens is 387 g/mol. The van der Waals surface area contributed by atoms with Crippen LogP contribution in [-0.2, 0) is 9.53 Å². The number of amides is 2. The Labute approximate surface area is 156 Å². The Morgan fingerprint density at radius 1 is 1.07 bits per heavy atom. The minimum absolute atomic E-state index is 0.203. The Bertz CT molecular complexity index is 856. The number of anilines is 2. The fourth-order valence-electron chi connectivity index (χ4n) is 2.35. The van der Waals surface area contributed by atoms with Gasteiger partial charge in [-0.25, -0.2) is 8.78 Å². The summed E-state index contributed by atoms with van der Waals surface area (Å²) >= 11 is 0. The lowest BCUT2D eigenvalue weighted by Gasteiger charge is -2.23. The Morgan fingerprint density at radius 2 is 1.71 bits per heavy atom. The number of hydrogen-bond acceptors (Lipinski definition) is 3. The van der Waals surface area contributed by atoms with E-state index >= 15 is 0 Å². The average molecular weight is 402 g/mol. The van der Waals surface area contributed by atoms with E-state index in [9.17, 15) is 31.5 Å². The number of benzene rings is 2. The van der Waals surface area contributed by atoms with E-state index in [1.807, 2.05) is 0 Å². The third kappa shape index (κ3) is 5.26. The van der Waals surface area contributed by atoms with E-state index in [2.05, 4.69) is 10.1 Å². The van der Waals surface area contributed by atoms with Gasteiger partial charge in [0.1, 0.15) is 18.1 Å². The molecule has 150 valence electrons. The Morgan fingerprint density at radius 3 is 2.29 bits per heavy atom. The van der Waals surface area contributed by atoms with E-state index < -0.39 is 47.8 Å². The van der Waals surface area contributed by atoms with Crippen molar-refractivity contribution < 1.29 is 36.3 Å². The molecule has 0 aliphatic heterocycles. The predicted molar refractivity (Wildman–Crippen MR) is 90.8 cm³/mol. The van der Waals surface area contributed by atoms with Crippen molar-refractivity contribution in [2.24, 2.45) is 0 Å². The van der Waals surface area contributed by atoms with Gasteiger partial charge in [0.2, 0.25) is 0 Å². The monoisotopic (exact) mass is 402 g/mol. The highest BCUT2D eigenvalue weighted by Crippen LogP contribution is 2.30. The van der Waals surface area contributed by atoms with Crippen LogP contribution in [0.25, 0.3) is 0 Å². The molecule has 0 radical (unpaired) electrons. The molecule has 10 heteroatoms. The van der Waals surface area contributed by atoms with Crippen LogP contribution < -0.4 is 10.2 Å². The maximum atomic E-state index is 14.8. The molecule has 0 spiro atoms. The van der Waals surface area contributed by atoms with Gasteiger partial charge < -0.3 is 10.2 Å². The van der Waals surface area contributed by atoms with Crippen molar-refractivity contribution in [1.82, 2.24) is 0 Å². The fourth-order valence-corrected chi connectivity index (χ4v) is 2.35. The van der Waals surface area contributed by atoms with E-state index in [1.165, 1.54) is 19.1 Å². The number of ether oxygens (including phenoxy) is 1. The maximum Gasteiger partial charge on any atom is 0.523 e. The molecule has 0 fully saturated rings. The largest absolute Gasteiger partial charge is 0.523 e. The topological polar surface area (TPSA) is 58.6 Å². The summed E-state index contributed by atoms with van der Waals surface area (Å²) in [6.45, 7) is -0.458. The summed E-state index contributed by atoms with van der Waals surface area (Å²) in [6.07, 6.45) is -5.07. The fraction of sp³-hybridized carbons (Fsp3) is 0.222. The molecule has 0 saturated heterocycles. The number of likely N-dealkylation sites (N-methyl/N-ethyl adjacent to an activating group) is 1. The molecular formula is C18H15F5N2O3. The van der Waals surface area contributed by atoms with E-state index in [0.29, 0.717) is 4.90 Å². The number of hydrogen-bond donors (Lipinski definition) is 1. The lowest BCUT2D eigenvalue weighted by atomic mass is 10.2. The minimum Gasteiger partial charge on any atom is -0.319 e. The molecule has 28 heavy (non-hydrogen) atoms. The summed E-state index contributed by atoms with van der Waals surface area (Å²) < 4.78 is 68.7. The molecule has 0 bridgehead atoms. The summed E-state index contributed by atoms with van der Waals surface area (Å²) in [5.74, 6) is -4.47. The van der Waals surface area contributed by atoms with Gasteiger partial charge >= 0.3 is 6.36 Å². The van der Waals surface area contributed by atoms with Crippen molar-refractivity contribution in [2.45, 2.75) is 13.3 Å². The van der Waals surface area contributed by atoms with Crippen LogP contribution in [0.2, 0.25) is 0 Å². The zero-order valence-electron chi connectivity index (χ0n) is 14.5. The highest BCUT2D eigenvalue weighted by Gasteiger charge is 2.32. The third-order valence-electron chi connectivity index (χ3n) is 3.60. The second kappa shape index (κ2) is 8.79. The number of halogens is 5. The predicted octanol–water partition coefficient (Wildman–Crippen LogP) is 4.11. The van der Waals surface area contributed by atoms with Crippen LogP contribution >= 0.6 is 0 Å². The first-order valence-corrected chi connectivity index (χ1v) is 7.99. The minimum atomic E-state index is -5.07. The number of nitrogens with zero attached hydrogens (tertiary/aromatic N) is 1. The number of carbonyl (C=O) groups excluding carboxylic acids is 2. The molecule has 0 unspecified atom stereocenters. The van der Waals surface area contributed by atoms with Crippen LogP contribution in [-0.4, -0.2) is 31.3 Å². The average Bonchev–Trinajstić information content (AvgIpc) is 2.65. The van der Waals surface area contributed by atoms with Crippen molar-refractivity contribution in [3.63, 3.8) is 0 Å². The zero-order chi connectivity index (χ0) is 20.9. The highest BCUT2D eigenvalue weighted by molar-refractivity contribution is 6.05. The summed E-state index contributed by atoms with van der Waals surface area (Å²) in [4.78, 5) is 24.6. The van der Waals surface area contributed by atoms with Gasteiger partial charge in [0.05, 0.1) is 5.69 Å². The van der Waals surface area contributed by atoms with Crippen LogP contribution in [0.4, 0.5) is 33.3 Å². The van der Waals surface area contributed by atoms with E-state index in [1.54, 1.807) is 18.2 Å². The molecule has 2 rings (SSSR count). The highest BCUT2D eigenvalue weighted by atomic mass is 19.4. The molecule has 2 amide bonds.